The van der Waals surface area contributed by atoms with E-state index in [4.69, 9.17) is 0 Å². The van der Waals surface area contributed by atoms with Crippen molar-refractivity contribution in [2.75, 3.05) is 5.75 Å². The largest absolute Gasteiger partial charge is 0.387 e. The van der Waals surface area contributed by atoms with Gasteiger partial charge in [0.25, 0.3) is 0 Å². The number of benzene rings is 1. The Morgan fingerprint density at radius 3 is 2.85 bits per heavy atom. The molecule has 0 radical (unpaired) electrons. The van der Waals surface area contributed by atoms with E-state index in [1.54, 1.807) is 18.2 Å². The van der Waals surface area contributed by atoms with Crippen LogP contribution in [0.1, 0.15) is 36.4 Å². The molecule has 3 rings (SSSR count). The number of rotatable bonds is 5. The number of nitrogens with zero attached hydrogens (tertiary/aromatic N) is 3. The molecule has 0 amide bonds. The second-order valence-corrected chi connectivity index (χ2v) is 5.97. The summed E-state index contributed by atoms with van der Waals surface area (Å²) in [6, 6.07) is 6.81. The van der Waals surface area contributed by atoms with Crippen molar-refractivity contribution in [1.29, 1.82) is 0 Å². The van der Waals surface area contributed by atoms with Crippen molar-refractivity contribution >= 4 is 11.8 Å². The third-order valence-corrected chi connectivity index (χ3v) is 4.40. The maximum absolute atomic E-state index is 13.6. The zero-order chi connectivity index (χ0) is 14.1. The van der Waals surface area contributed by atoms with Crippen molar-refractivity contribution in [3.8, 4) is 0 Å². The minimum atomic E-state index is -0.842. The molecule has 0 saturated heterocycles. The van der Waals surface area contributed by atoms with E-state index < -0.39 is 6.10 Å². The fourth-order valence-corrected chi connectivity index (χ4v) is 3.20. The van der Waals surface area contributed by atoms with E-state index in [0.717, 1.165) is 23.8 Å². The molecular weight excluding hydrogens is 277 g/mol. The summed E-state index contributed by atoms with van der Waals surface area (Å²) in [5.74, 6) is 0.891. The fourth-order valence-electron chi connectivity index (χ4n) is 2.19. The number of thioether (sulfide) groups is 1. The smallest absolute Gasteiger partial charge is 0.191 e. The number of aryl methyl sites for hydroxylation is 1. The molecule has 1 heterocycles. The summed E-state index contributed by atoms with van der Waals surface area (Å²) in [6.45, 7) is 1.93. The average Bonchev–Trinajstić information content (AvgIpc) is 3.20. The van der Waals surface area contributed by atoms with E-state index in [9.17, 15) is 9.50 Å². The van der Waals surface area contributed by atoms with Gasteiger partial charge in [-0.15, -0.1) is 10.2 Å². The van der Waals surface area contributed by atoms with E-state index in [1.165, 1.54) is 17.8 Å². The molecule has 1 fully saturated rings. The van der Waals surface area contributed by atoms with Gasteiger partial charge in [-0.3, -0.25) is 0 Å². The highest BCUT2D eigenvalue weighted by Crippen LogP contribution is 2.39. The van der Waals surface area contributed by atoms with Crippen molar-refractivity contribution < 1.29 is 9.50 Å². The summed E-state index contributed by atoms with van der Waals surface area (Å²) in [4.78, 5) is 0. The van der Waals surface area contributed by atoms with Gasteiger partial charge in [-0.25, -0.2) is 4.39 Å². The molecule has 106 valence electrons. The molecule has 0 aliphatic heterocycles. The van der Waals surface area contributed by atoms with Gasteiger partial charge in [-0.2, -0.15) is 0 Å². The van der Waals surface area contributed by atoms with Crippen LogP contribution < -0.4 is 0 Å². The van der Waals surface area contributed by atoms with Crippen LogP contribution in [0.5, 0.6) is 0 Å². The van der Waals surface area contributed by atoms with E-state index in [2.05, 4.69) is 14.8 Å². The number of hydrogen-bond donors (Lipinski definition) is 1. The maximum atomic E-state index is 13.6. The van der Waals surface area contributed by atoms with Crippen molar-refractivity contribution in [2.24, 2.45) is 0 Å². The summed E-state index contributed by atoms with van der Waals surface area (Å²) in [5, 5.41) is 19.1. The number of halogens is 1. The Bertz CT molecular complexity index is 612. The van der Waals surface area contributed by atoms with Gasteiger partial charge in [0.1, 0.15) is 11.6 Å². The topological polar surface area (TPSA) is 50.9 Å². The van der Waals surface area contributed by atoms with E-state index in [-0.39, 0.29) is 5.82 Å². The second-order valence-electron chi connectivity index (χ2n) is 4.98. The van der Waals surface area contributed by atoms with Crippen molar-refractivity contribution in [2.45, 2.75) is 37.1 Å². The molecule has 2 aromatic rings. The zero-order valence-corrected chi connectivity index (χ0v) is 12.0. The molecule has 6 heteroatoms. The lowest BCUT2D eigenvalue weighted by atomic mass is 10.1. The Morgan fingerprint density at radius 1 is 1.40 bits per heavy atom. The van der Waals surface area contributed by atoms with Gasteiger partial charge in [-0.05, 0) is 25.8 Å². The molecule has 20 heavy (non-hydrogen) atoms. The number of hydrogen-bond acceptors (Lipinski definition) is 4. The highest BCUT2D eigenvalue weighted by Gasteiger charge is 2.28. The van der Waals surface area contributed by atoms with Crippen LogP contribution in [-0.2, 0) is 0 Å². The van der Waals surface area contributed by atoms with Crippen LogP contribution >= 0.6 is 11.8 Å². The SMILES string of the molecule is Cc1nnc(SCC(O)c2ccccc2F)n1C1CC1. The quantitative estimate of drug-likeness (QED) is 0.861. The lowest BCUT2D eigenvalue weighted by Gasteiger charge is -2.12. The van der Waals surface area contributed by atoms with Crippen LogP contribution in [0.2, 0.25) is 0 Å². The van der Waals surface area contributed by atoms with E-state index in [0.29, 0.717) is 17.4 Å². The maximum Gasteiger partial charge on any atom is 0.191 e. The molecular formula is C14H16FN3OS. The Labute approximate surface area is 121 Å². The predicted octanol–water partition coefficient (Wildman–Crippen LogP) is 2.89. The Hall–Kier alpha value is -1.40. The van der Waals surface area contributed by atoms with Gasteiger partial charge in [0.2, 0.25) is 0 Å². The lowest BCUT2D eigenvalue weighted by molar-refractivity contribution is 0.199. The van der Waals surface area contributed by atoms with Crippen LogP contribution in [0.25, 0.3) is 0 Å². The van der Waals surface area contributed by atoms with E-state index >= 15 is 0 Å². The van der Waals surface area contributed by atoms with Crippen LogP contribution in [0.15, 0.2) is 29.4 Å². The normalized spacial score (nSPS) is 16.4. The second kappa shape index (κ2) is 5.54. The molecule has 4 nitrogen and oxygen atoms in total. The fraction of sp³-hybridized carbons (Fsp3) is 0.429. The van der Waals surface area contributed by atoms with Gasteiger partial charge >= 0.3 is 0 Å². The number of aliphatic hydroxyl groups excluding tert-OH is 1. The molecule has 1 aliphatic carbocycles. The van der Waals surface area contributed by atoms with Crippen molar-refractivity contribution in [3.05, 3.63) is 41.5 Å². The lowest BCUT2D eigenvalue weighted by Crippen LogP contribution is -2.05. The number of aromatic nitrogens is 3. The first-order valence-corrected chi connectivity index (χ1v) is 7.62. The molecule has 1 saturated carbocycles. The number of aliphatic hydroxyl groups is 1. The van der Waals surface area contributed by atoms with E-state index in [1.807, 2.05) is 6.92 Å². The standard InChI is InChI=1S/C14H16FN3OS/c1-9-16-17-14(18(9)10-6-7-10)20-8-13(19)11-4-2-3-5-12(11)15/h2-5,10,13,19H,6-8H2,1H3. The monoisotopic (exact) mass is 293 g/mol. The molecule has 1 unspecified atom stereocenters. The minimum Gasteiger partial charge on any atom is -0.387 e. The minimum absolute atomic E-state index is 0.328. The van der Waals surface area contributed by atoms with Gasteiger partial charge in [0.15, 0.2) is 5.16 Å². The summed E-state index contributed by atoms with van der Waals surface area (Å²) < 4.78 is 15.7. The highest BCUT2D eigenvalue weighted by molar-refractivity contribution is 7.99. The third-order valence-electron chi connectivity index (χ3n) is 3.38. The zero-order valence-electron chi connectivity index (χ0n) is 11.2. The molecule has 0 spiro atoms. The van der Waals surface area contributed by atoms with Crippen LogP contribution in [0.3, 0.4) is 0 Å². The summed E-state index contributed by atoms with van der Waals surface area (Å²) in [7, 11) is 0. The van der Waals surface area contributed by atoms with Gasteiger partial charge < -0.3 is 9.67 Å². The van der Waals surface area contributed by atoms with Gasteiger partial charge in [0, 0.05) is 17.4 Å². The molecule has 1 aromatic heterocycles. The van der Waals surface area contributed by atoms with Crippen LogP contribution in [0.4, 0.5) is 4.39 Å². The van der Waals surface area contributed by atoms with Crippen molar-refractivity contribution in [1.82, 2.24) is 14.8 Å². The predicted molar refractivity (Wildman–Crippen MR) is 75.1 cm³/mol. The van der Waals surface area contributed by atoms with Gasteiger partial charge in [-0.1, -0.05) is 30.0 Å². The Balaban J connectivity index is 1.69. The third kappa shape index (κ3) is 2.71. The van der Waals surface area contributed by atoms with Gasteiger partial charge in [0.05, 0.1) is 6.10 Å². The molecule has 1 N–H and O–H groups in total. The molecule has 1 aliphatic rings. The Morgan fingerprint density at radius 2 is 2.15 bits per heavy atom. The van der Waals surface area contributed by atoms with Crippen LogP contribution in [0, 0.1) is 12.7 Å². The average molecular weight is 293 g/mol. The molecule has 1 aromatic carbocycles. The van der Waals surface area contributed by atoms with Crippen molar-refractivity contribution in [3.63, 3.8) is 0 Å². The first kappa shape index (κ1) is 13.6. The van der Waals surface area contributed by atoms with Crippen LogP contribution in [-0.4, -0.2) is 25.6 Å². The summed E-state index contributed by atoms with van der Waals surface area (Å²) in [6.07, 6.45) is 1.47. The molecule has 0 bridgehead atoms. The first-order chi connectivity index (χ1) is 9.66. The first-order valence-electron chi connectivity index (χ1n) is 6.63. The highest BCUT2D eigenvalue weighted by atomic mass is 32.2. The Kier molecular flexibility index (Phi) is 3.76. The summed E-state index contributed by atoms with van der Waals surface area (Å²) in [5.41, 5.74) is 0.328. The summed E-state index contributed by atoms with van der Waals surface area (Å²) >= 11 is 1.42. The molecule has 1 atom stereocenters.